The highest BCUT2D eigenvalue weighted by Gasteiger charge is 2.23. The summed E-state index contributed by atoms with van der Waals surface area (Å²) in [5.41, 5.74) is -0.509. The number of alkyl carbamates (subject to hydrolysis) is 1. The summed E-state index contributed by atoms with van der Waals surface area (Å²) >= 11 is 0. The topological polar surface area (TPSA) is 58.6 Å². The minimum absolute atomic E-state index is 0.243. The number of hydrogen-bond acceptors (Lipinski definition) is 3. The molecule has 0 aliphatic rings. The first kappa shape index (κ1) is 16.2. The third-order valence-electron chi connectivity index (χ3n) is 2.32. The molecule has 0 heterocycles. The Morgan fingerprint density at radius 2 is 1.88 bits per heavy atom. The predicted octanol–water partition coefficient (Wildman–Crippen LogP) is 2.70. The first-order valence-electron chi connectivity index (χ1n) is 6.33. The smallest absolute Gasteiger partial charge is 0.407 e. The van der Waals surface area contributed by atoms with E-state index in [0.717, 1.165) is 0 Å². The van der Waals surface area contributed by atoms with E-state index in [1.165, 1.54) is 0 Å². The summed E-state index contributed by atoms with van der Waals surface area (Å²) < 4.78 is 5.16. The van der Waals surface area contributed by atoms with Gasteiger partial charge in [0.15, 0.2) is 0 Å². The van der Waals surface area contributed by atoms with Gasteiger partial charge >= 0.3 is 6.09 Å². The van der Waals surface area contributed by atoms with Crippen molar-refractivity contribution in [3.63, 3.8) is 0 Å². The van der Waals surface area contributed by atoms with E-state index in [1.807, 2.05) is 41.5 Å². The molecule has 0 fully saturated rings. The lowest BCUT2D eigenvalue weighted by atomic mass is 9.99. The van der Waals surface area contributed by atoms with E-state index in [2.05, 4.69) is 5.32 Å². The van der Waals surface area contributed by atoms with Crippen molar-refractivity contribution in [2.24, 2.45) is 5.92 Å². The Morgan fingerprint density at radius 3 is 2.24 bits per heavy atom. The zero-order valence-corrected chi connectivity index (χ0v) is 11.9. The molecule has 0 bridgehead atoms. The van der Waals surface area contributed by atoms with Crippen LogP contribution < -0.4 is 5.32 Å². The lowest BCUT2D eigenvalue weighted by molar-refractivity contribution is 0.0394. The molecule has 0 saturated carbocycles. The molecular weight excluding hydrogens is 218 g/mol. The highest BCUT2D eigenvalue weighted by Crippen LogP contribution is 2.12. The second-order valence-corrected chi connectivity index (χ2v) is 5.86. The van der Waals surface area contributed by atoms with E-state index < -0.39 is 17.8 Å². The van der Waals surface area contributed by atoms with Gasteiger partial charge in [-0.3, -0.25) is 0 Å². The summed E-state index contributed by atoms with van der Waals surface area (Å²) in [7, 11) is 0. The maximum atomic E-state index is 11.6. The maximum Gasteiger partial charge on any atom is 0.407 e. The standard InChI is InChI=1S/C13H27NO3/c1-7-10(11(15)8-9(2)3)14-12(16)17-13(4,5)6/h9-11,15H,7-8H2,1-6H3,(H,14,16). The van der Waals surface area contributed by atoms with Crippen LogP contribution in [-0.2, 0) is 4.74 Å². The van der Waals surface area contributed by atoms with Crippen molar-refractivity contribution in [2.75, 3.05) is 0 Å². The number of aliphatic hydroxyl groups is 1. The van der Waals surface area contributed by atoms with Crippen LogP contribution in [0, 0.1) is 5.92 Å². The molecule has 0 spiro atoms. The van der Waals surface area contributed by atoms with Gasteiger partial charge in [0.05, 0.1) is 12.1 Å². The fraction of sp³-hybridized carbons (Fsp3) is 0.923. The van der Waals surface area contributed by atoms with Gasteiger partial charge in [0.25, 0.3) is 0 Å². The summed E-state index contributed by atoms with van der Waals surface area (Å²) in [4.78, 5) is 11.6. The molecule has 0 aromatic rings. The van der Waals surface area contributed by atoms with E-state index in [1.54, 1.807) is 0 Å². The first-order chi connectivity index (χ1) is 7.65. The number of ether oxygens (including phenoxy) is 1. The molecule has 4 nitrogen and oxygen atoms in total. The van der Waals surface area contributed by atoms with Gasteiger partial charge in [-0.2, -0.15) is 0 Å². The minimum atomic E-state index is -0.521. The van der Waals surface area contributed by atoms with Gasteiger partial charge in [0, 0.05) is 0 Å². The van der Waals surface area contributed by atoms with Crippen molar-refractivity contribution in [3.05, 3.63) is 0 Å². The lowest BCUT2D eigenvalue weighted by Gasteiger charge is -2.26. The molecule has 0 radical (unpaired) electrons. The maximum absolute atomic E-state index is 11.6. The first-order valence-corrected chi connectivity index (χ1v) is 6.33. The summed E-state index contributed by atoms with van der Waals surface area (Å²) in [6, 6.07) is -0.243. The SMILES string of the molecule is CCC(NC(=O)OC(C)(C)C)C(O)CC(C)C. The molecule has 0 rings (SSSR count). The van der Waals surface area contributed by atoms with E-state index in [4.69, 9.17) is 4.74 Å². The van der Waals surface area contributed by atoms with Crippen LogP contribution in [0.3, 0.4) is 0 Å². The van der Waals surface area contributed by atoms with Gasteiger partial charge in [0.2, 0.25) is 0 Å². The minimum Gasteiger partial charge on any atom is -0.444 e. The van der Waals surface area contributed by atoms with Crippen LogP contribution in [0.1, 0.15) is 54.4 Å². The lowest BCUT2D eigenvalue weighted by Crippen LogP contribution is -2.45. The molecule has 0 aliphatic carbocycles. The highest BCUT2D eigenvalue weighted by molar-refractivity contribution is 5.68. The molecule has 102 valence electrons. The van der Waals surface area contributed by atoms with Crippen molar-refractivity contribution in [2.45, 2.75) is 72.1 Å². The second kappa shape index (κ2) is 6.84. The van der Waals surface area contributed by atoms with Crippen LogP contribution in [0.4, 0.5) is 4.79 Å². The quantitative estimate of drug-likeness (QED) is 0.783. The number of carbonyl (C=O) groups excluding carboxylic acids is 1. The van der Waals surface area contributed by atoms with Crippen LogP contribution >= 0.6 is 0 Å². The van der Waals surface area contributed by atoms with E-state index in [-0.39, 0.29) is 6.04 Å². The second-order valence-electron chi connectivity index (χ2n) is 5.86. The van der Waals surface area contributed by atoms with E-state index in [0.29, 0.717) is 18.8 Å². The monoisotopic (exact) mass is 245 g/mol. The molecule has 2 N–H and O–H groups in total. The number of hydrogen-bond donors (Lipinski definition) is 2. The van der Waals surface area contributed by atoms with Crippen LogP contribution in [0.15, 0.2) is 0 Å². The number of carbonyl (C=O) groups is 1. The normalized spacial score (nSPS) is 15.5. The van der Waals surface area contributed by atoms with Gasteiger partial charge in [-0.15, -0.1) is 0 Å². The Hall–Kier alpha value is -0.770. The van der Waals surface area contributed by atoms with Crippen LogP contribution in [0.25, 0.3) is 0 Å². The van der Waals surface area contributed by atoms with Crippen molar-refractivity contribution < 1.29 is 14.6 Å². The molecule has 2 unspecified atom stereocenters. The van der Waals surface area contributed by atoms with Crippen LogP contribution in [-0.4, -0.2) is 28.9 Å². The van der Waals surface area contributed by atoms with Gasteiger partial charge in [0.1, 0.15) is 5.60 Å². The number of aliphatic hydroxyl groups excluding tert-OH is 1. The summed E-state index contributed by atoms with van der Waals surface area (Å²) in [5, 5.41) is 12.7. The summed E-state index contributed by atoms with van der Waals surface area (Å²) in [6.07, 6.45) is 0.376. The average Bonchev–Trinajstić information content (AvgIpc) is 2.09. The molecule has 17 heavy (non-hydrogen) atoms. The summed E-state index contributed by atoms with van der Waals surface area (Å²) in [5.74, 6) is 0.402. The van der Waals surface area contributed by atoms with Gasteiger partial charge in [-0.25, -0.2) is 4.79 Å². The molecular formula is C13H27NO3. The molecule has 4 heteroatoms. The Balaban J connectivity index is 4.25. The van der Waals surface area contributed by atoms with Gasteiger partial charge in [-0.05, 0) is 39.5 Å². The number of nitrogens with one attached hydrogen (secondary N) is 1. The zero-order chi connectivity index (χ0) is 13.6. The van der Waals surface area contributed by atoms with Crippen molar-refractivity contribution >= 4 is 6.09 Å². The van der Waals surface area contributed by atoms with Gasteiger partial charge < -0.3 is 15.2 Å². The molecule has 0 aliphatic heterocycles. The average molecular weight is 245 g/mol. The summed E-state index contributed by atoms with van der Waals surface area (Å²) in [6.45, 7) is 11.5. The molecule has 1 amide bonds. The Bertz CT molecular complexity index is 233. The fourth-order valence-electron chi connectivity index (χ4n) is 1.58. The predicted molar refractivity (Wildman–Crippen MR) is 68.9 cm³/mol. The number of amides is 1. The van der Waals surface area contributed by atoms with E-state index in [9.17, 15) is 9.90 Å². The van der Waals surface area contributed by atoms with Gasteiger partial charge in [-0.1, -0.05) is 20.8 Å². The third-order valence-corrected chi connectivity index (χ3v) is 2.32. The van der Waals surface area contributed by atoms with Crippen molar-refractivity contribution in [1.82, 2.24) is 5.32 Å². The van der Waals surface area contributed by atoms with Crippen molar-refractivity contribution in [3.8, 4) is 0 Å². The van der Waals surface area contributed by atoms with E-state index >= 15 is 0 Å². The van der Waals surface area contributed by atoms with Crippen LogP contribution in [0.5, 0.6) is 0 Å². The fourth-order valence-corrected chi connectivity index (χ4v) is 1.58. The van der Waals surface area contributed by atoms with Crippen molar-refractivity contribution in [1.29, 1.82) is 0 Å². The molecule has 2 atom stereocenters. The Labute approximate surface area is 105 Å². The molecule has 0 aromatic heterocycles. The largest absolute Gasteiger partial charge is 0.444 e. The Morgan fingerprint density at radius 1 is 1.35 bits per heavy atom. The third kappa shape index (κ3) is 8.02. The Kier molecular flexibility index (Phi) is 6.53. The zero-order valence-electron chi connectivity index (χ0n) is 11.9. The van der Waals surface area contributed by atoms with Crippen LogP contribution in [0.2, 0.25) is 0 Å². The highest BCUT2D eigenvalue weighted by atomic mass is 16.6. The molecule has 0 saturated heterocycles. The molecule has 0 aromatic carbocycles. The number of rotatable bonds is 5.